The second kappa shape index (κ2) is 6.45. The molecule has 1 N–H and O–H groups in total. The van der Waals surface area contributed by atoms with Crippen molar-refractivity contribution in [1.82, 2.24) is 14.9 Å². The Morgan fingerprint density at radius 3 is 2.93 bits per heavy atom. The van der Waals surface area contributed by atoms with Gasteiger partial charge in [0.05, 0.1) is 16.3 Å². The molecule has 28 heavy (non-hydrogen) atoms. The lowest BCUT2D eigenvalue weighted by molar-refractivity contribution is 0.0633. The molecule has 0 radical (unpaired) electrons. The summed E-state index contributed by atoms with van der Waals surface area (Å²) < 4.78 is 0. The van der Waals surface area contributed by atoms with Gasteiger partial charge in [-0.2, -0.15) is 0 Å². The molecule has 1 atom stereocenters. The first-order valence-electron chi connectivity index (χ1n) is 10.2. The second-order valence-corrected chi connectivity index (χ2v) is 9.05. The summed E-state index contributed by atoms with van der Waals surface area (Å²) in [6, 6.07) is 5.57. The molecule has 2 heterocycles. The van der Waals surface area contributed by atoms with E-state index in [1.54, 1.807) is 6.07 Å². The SMILES string of the molecule is Cc1ccc(Cl)c(C(=O)N2CCCC3(CCc4c3nc(C3CC3)[nH]c4=O)C2)c1. The average Bonchev–Trinajstić information content (AvgIpc) is 3.48. The summed E-state index contributed by atoms with van der Waals surface area (Å²) >= 11 is 6.32. The van der Waals surface area contributed by atoms with Gasteiger partial charge in [-0.3, -0.25) is 9.59 Å². The van der Waals surface area contributed by atoms with Crippen molar-refractivity contribution in [3.05, 3.63) is 61.8 Å². The number of nitrogens with zero attached hydrogens (tertiary/aromatic N) is 2. The van der Waals surface area contributed by atoms with Crippen LogP contribution in [0.2, 0.25) is 5.02 Å². The topological polar surface area (TPSA) is 66.1 Å². The number of benzene rings is 1. The number of aromatic nitrogens is 2. The standard InChI is InChI=1S/C22H24ClN3O2/c1-13-3-6-17(23)16(11-13)21(28)26-10-2-8-22(12-26)9-7-15-18(22)24-19(14-4-5-14)25-20(15)27/h3,6,11,14H,2,4-5,7-10,12H2,1H3,(H,24,25,27). The van der Waals surface area contributed by atoms with Gasteiger partial charge in [-0.1, -0.05) is 23.2 Å². The first kappa shape index (κ1) is 17.9. The zero-order valence-corrected chi connectivity index (χ0v) is 16.8. The zero-order valence-electron chi connectivity index (χ0n) is 16.1. The van der Waals surface area contributed by atoms with Crippen molar-refractivity contribution in [3.63, 3.8) is 0 Å². The first-order valence-corrected chi connectivity index (χ1v) is 10.5. The number of halogens is 1. The summed E-state index contributed by atoms with van der Waals surface area (Å²) in [4.78, 5) is 35.7. The molecule has 5 nitrogen and oxygen atoms in total. The second-order valence-electron chi connectivity index (χ2n) is 8.65. The van der Waals surface area contributed by atoms with Crippen LogP contribution < -0.4 is 5.56 Å². The average molecular weight is 398 g/mol. The van der Waals surface area contributed by atoms with Gasteiger partial charge in [-0.15, -0.1) is 0 Å². The van der Waals surface area contributed by atoms with Crippen LogP contribution in [-0.2, 0) is 11.8 Å². The van der Waals surface area contributed by atoms with Crippen LogP contribution in [0.5, 0.6) is 0 Å². The molecule has 1 unspecified atom stereocenters. The van der Waals surface area contributed by atoms with Crippen LogP contribution >= 0.6 is 11.6 Å². The highest BCUT2D eigenvalue weighted by molar-refractivity contribution is 6.33. The van der Waals surface area contributed by atoms with Crippen LogP contribution in [0, 0.1) is 6.92 Å². The van der Waals surface area contributed by atoms with Crippen molar-refractivity contribution < 1.29 is 4.79 Å². The fourth-order valence-corrected chi connectivity index (χ4v) is 5.09. The summed E-state index contributed by atoms with van der Waals surface area (Å²) in [7, 11) is 0. The normalized spacial score (nSPS) is 23.9. The Hall–Kier alpha value is -2.14. The van der Waals surface area contributed by atoms with Crippen molar-refractivity contribution in [2.24, 2.45) is 0 Å². The van der Waals surface area contributed by atoms with Gasteiger partial charge in [0.2, 0.25) is 0 Å². The van der Waals surface area contributed by atoms with Gasteiger partial charge in [0.25, 0.3) is 11.5 Å². The molecule has 1 amide bonds. The number of amides is 1. The van der Waals surface area contributed by atoms with Crippen LogP contribution in [-0.4, -0.2) is 33.9 Å². The Morgan fingerprint density at radius 2 is 2.14 bits per heavy atom. The maximum atomic E-state index is 13.2. The summed E-state index contributed by atoms with van der Waals surface area (Å²) in [5.41, 5.74) is 3.19. The molecule has 1 aromatic heterocycles. The largest absolute Gasteiger partial charge is 0.338 e. The van der Waals surface area contributed by atoms with Crippen LogP contribution in [0.3, 0.4) is 0 Å². The van der Waals surface area contributed by atoms with Gasteiger partial charge >= 0.3 is 0 Å². The molecule has 3 aliphatic rings. The van der Waals surface area contributed by atoms with E-state index < -0.39 is 0 Å². The maximum absolute atomic E-state index is 13.2. The molecule has 6 heteroatoms. The van der Waals surface area contributed by atoms with E-state index in [0.29, 0.717) is 23.0 Å². The van der Waals surface area contributed by atoms with E-state index in [-0.39, 0.29) is 16.9 Å². The first-order chi connectivity index (χ1) is 13.5. The Bertz CT molecular complexity index is 1030. The van der Waals surface area contributed by atoms with E-state index in [1.807, 2.05) is 24.0 Å². The Kier molecular flexibility index (Phi) is 4.13. The van der Waals surface area contributed by atoms with Crippen LogP contribution in [0.4, 0.5) is 0 Å². The molecule has 1 spiro atoms. The monoisotopic (exact) mass is 397 g/mol. The molecule has 1 aliphatic heterocycles. The fourth-order valence-electron chi connectivity index (χ4n) is 4.89. The number of fused-ring (bicyclic) bond motifs is 2. The number of rotatable bonds is 2. The molecule has 1 saturated heterocycles. The highest BCUT2D eigenvalue weighted by Gasteiger charge is 2.46. The number of H-pyrrole nitrogens is 1. The lowest BCUT2D eigenvalue weighted by Gasteiger charge is -2.40. The van der Waals surface area contributed by atoms with Crippen LogP contribution in [0.25, 0.3) is 0 Å². The molecule has 1 saturated carbocycles. The molecule has 2 fully saturated rings. The summed E-state index contributed by atoms with van der Waals surface area (Å²) in [6.45, 7) is 3.30. The number of aromatic amines is 1. The summed E-state index contributed by atoms with van der Waals surface area (Å²) in [5, 5.41) is 0.493. The van der Waals surface area contributed by atoms with Crippen LogP contribution in [0.15, 0.2) is 23.0 Å². The number of aryl methyl sites for hydroxylation is 1. The highest BCUT2D eigenvalue weighted by Crippen LogP contribution is 2.45. The van der Waals surface area contributed by atoms with Crippen molar-refractivity contribution >= 4 is 17.5 Å². The predicted octanol–water partition coefficient (Wildman–Crippen LogP) is 3.73. The molecule has 2 aromatic rings. The Labute approximate surface area is 169 Å². The van der Waals surface area contributed by atoms with Gasteiger partial charge in [0.1, 0.15) is 5.82 Å². The zero-order chi connectivity index (χ0) is 19.5. The summed E-state index contributed by atoms with van der Waals surface area (Å²) in [6.07, 6.45) is 5.73. The van der Waals surface area contributed by atoms with Crippen molar-refractivity contribution in [2.45, 2.75) is 56.8 Å². The van der Waals surface area contributed by atoms with Crippen molar-refractivity contribution in [3.8, 4) is 0 Å². The third-order valence-corrected chi connectivity index (χ3v) is 6.90. The third kappa shape index (κ3) is 2.87. The molecule has 5 rings (SSSR count). The highest BCUT2D eigenvalue weighted by atomic mass is 35.5. The number of carbonyl (C=O) groups excluding carboxylic acids is 1. The van der Waals surface area contributed by atoms with Crippen molar-refractivity contribution in [1.29, 1.82) is 0 Å². The smallest absolute Gasteiger partial charge is 0.255 e. The molecule has 146 valence electrons. The van der Waals surface area contributed by atoms with Gasteiger partial charge in [-0.05, 0) is 57.6 Å². The maximum Gasteiger partial charge on any atom is 0.255 e. The minimum atomic E-state index is -0.197. The molecular formula is C22H24ClN3O2. The van der Waals surface area contributed by atoms with E-state index in [2.05, 4.69) is 4.98 Å². The molecule has 2 aliphatic carbocycles. The van der Waals surface area contributed by atoms with Gasteiger partial charge in [0, 0.05) is 30.0 Å². The minimum absolute atomic E-state index is 0.0199. The number of carbonyl (C=O) groups is 1. The molecule has 1 aromatic carbocycles. The quantitative estimate of drug-likeness (QED) is 0.839. The van der Waals surface area contributed by atoms with E-state index >= 15 is 0 Å². The van der Waals surface area contributed by atoms with E-state index in [1.165, 1.54) is 0 Å². The molecule has 0 bridgehead atoms. The lowest BCUT2D eigenvalue weighted by atomic mass is 9.77. The third-order valence-electron chi connectivity index (χ3n) is 6.57. The van der Waals surface area contributed by atoms with E-state index in [4.69, 9.17) is 16.6 Å². The fraction of sp³-hybridized carbons (Fsp3) is 0.500. The van der Waals surface area contributed by atoms with Crippen LogP contribution in [0.1, 0.15) is 71.0 Å². The lowest BCUT2D eigenvalue weighted by Crippen LogP contribution is -2.48. The van der Waals surface area contributed by atoms with Gasteiger partial charge < -0.3 is 9.88 Å². The van der Waals surface area contributed by atoms with Gasteiger partial charge in [-0.25, -0.2) is 4.98 Å². The number of nitrogens with one attached hydrogen (secondary N) is 1. The minimum Gasteiger partial charge on any atom is -0.338 e. The number of hydrogen-bond acceptors (Lipinski definition) is 3. The molecular weight excluding hydrogens is 374 g/mol. The van der Waals surface area contributed by atoms with E-state index in [0.717, 1.165) is 67.7 Å². The van der Waals surface area contributed by atoms with E-state index in [9.17, 15) is 9.59 Å². The number of likely N-dealkylation sites (tertiary alicyclic amines) is 1. The Balaban J connectivity index is 1.49. The van der Waals surface area contributed by atoms with Crippen molar-refractivity contribution in [2.75, 3.05) is 13.1 Å². The number of hydrogen-bond donors (Lipinski definition) is 1. The Morgan fingerprint density at radius 1 is 1.32 bits per heavy atom. The predicted molar refractivity (Wildman–Crippen MR) is 108 cm³/mol. The van der Waals surface area contributed by atoms with Gasteiger partial charge in [0.15, 0.2) is 0 Å². The summed E-state index contributed by atoms with van der Waals surface area (Å²) in [5.74, 6) is 1.23. The number of piperidine rings is 1.